The number of pyridine rings is 2. The van der Waals surface area contributed by atoms with Crippen molar-refractivity contribution in [2.45, 2.75) is 0 Å². The number of fused-ring (bicyclic) bond motifs is 1. The molecule has 4 heteroatoms. The molecule has 0 spiro atoms. The molecular formula is C9H7BrN2O. The van der Waals surface area contributed by atoms with Gasteiger partial charge in [-0.1, -0.05) is 0 Å². The standard InChI is InChI=1S/C9H7BrN2O/c1-13-9-8-6(3-2-4-11-8)7(10)5-12-9/h2-5H,1H3. The Morgan fingerprint density at radius 2 is 2.23 bits per heavy atom. The SMILES string of the molecule is COc1ncc(Br)c2cccnc12. The quantitative estimate of drug-likeness (QED) is 0.766. The van der Waals surface area contributed by atoms with E-state index in [1.807, 2.05) is 12.1 Å². The van der Waals surface area contributed by atoms with Gasteiger partial charge in [0.1, 0.15) is 5.52 Å². The summed E-state index contributed by atoms with van der Waals surface area (Å²) in [6.45, 7) is 0. The van der Waals surface area contributed by atoms with E-state index in [-0.39, 0.29) is 0 Å². The zero-order valence-corrected chi connectivity index (χ0v) is 8.58. The number of halogens is 1. The van der Waals surface area contributed by atoms with Gasteiger partial charge in [0.25, 0.3) is 0 Å². The first-order chi connectivity index (χ1) is 6.33. The maximum Gasteiger partial charge on any atom is 0.240 e. The number of methoxy groups -OCH3 is 1. The van der Waals surface area contributed by atoms with E-state index in [1.54, 1.807) is 19.5 Å². The van der Waals surface area contributed by atoms with Gasteiger partial charge in [0.2, 0.25) is 5.88 Å². The van der Waals surface area contributed by atoms with Gasteiger partial charge in [-0.25, -0.2) is 4.98 Å². The van der Waals surface area contributed by atoms with Gasteiger partial charge in [-0.3, -0.25) is 4.98 Å². The summed E-state index contributed by atoms with van der Waals surface area (Å²) in [4.78, 5) is 8.29. The largest absolute Gasteiger partial charge is 0.479 e. The zero-order chi connectivity index (χ0) is 9.26. The van der Waals surface area contributed by atoms with Gasteiger partial charge in [0, 0.05) is 22.3 Å². The van der Waals surface area contributed by atoms with Gasteiger partial charge in [0.05, 0.1) is 7.11 Å². The minimum absolute atomic E-state index is 0.554. The first-order valence-corrected chi connectivity index (χ1v) is 4.55. The minimum atomic E-state index is 0.554. The molecular weight excluding hydrogens is 232 g/mol. The summed E-state index contributed by atoms with van der Waals surface area (Å²) in [5, 5.41) is 1.01. The fraction of sp³-hybridized carbons (Fsp3) is 0.111. The Morgan fingerprint density at radius 3 is 3.00 bits per heavy atom. The van der Waals surface area contributed by atoms with E-state index < -0.39 is 0 Å². The van der Waals surface area contributed by atoms with Crippen molar-refractivity contribution in [1.82, 2.24) is 9.97 Å². The van der Waals surface area contributed by atoms with Gasteiger partial charge in [-0.05, 0) is 28.1 Å². The molecule has 0 unspecified atom stereocenters. The van der Waals surface area contributed by atoms with Crippen LogP contribution in [0.3, 0.4) is 0 Å². The van der Waals surface area contributed by atoms with Crippen LogP contribution in [-0.2, 0) is 0 Å². The fourth-order valence-corrected chi connectivity index (χ4v) is 1.59. The lowest BCUT2D eigenvalue weighted by molar-refractivity contribution is 0.402. The summed E-state index contributed by atoms with van der Waals surface area (Å²) in [7, 11) is 1.59. The van der Waals surface area contributed by atoms with Crippen LogP contribution in [0.15, 0.2) is 29.0 Å². The number of hydrogen-bond acceptors (Lipinski definition) is 3. The highest BCUT2D eigenvalue weighted by Crippen LogP contribution is 2.26. The van der Waals surface area contributed by atoms with Crippen molar-refractivity contribution < 1.29 is 4.74 Å². The highest BCUT2D eigenvalue weighted by molar-refractivity contribution is 9.10. The second-order valence-electron chi connectivity index (χ2n) is 2.51. The average Bonchev–Trinajstić information content (AvgIpc) is 2.19. The maximum atomic E-state index is 5.09. The van der Waals surface area contributed by atoms with Gasteiger partial charge >= 0.3 is 0 Å². The molecule has 0 atom stereocenters. The molecule has 0 saturated heterocycles. The van der Waals surface area contributed by atoms with E-state index in [2.05, 4.69) is 25.9 Å². The summed E-state index contributed by atoms with van der Waals surface area (Å²) in [5.74, 6) is 0.554. The van der Waals surface area contributed by atoms with Gasteiger partial charge in [-0.2, -0.15) is 0 Å². The summed E-state index contributed by atoms with van der Waals surface area (Å²) in [5.41, 5.74) is 0.777. The lowest BCUT2D eigenvalue weighted by Gasteiger charge is -2.03. The highest BCUT2D eigenvalue weighted by Gasteiger charge is 2.05. The first-order valence-electron chi connectivity index (χ1n) is 3.76. The zero-order valence-electron chi connectivity index (χ0n) is 6.99. The second kappa shape index (κ2) is 3.30. The van der Waals surface area contributed by atoms with Crippen molar-refractivity contribution in [3.63, 3.8) is 0 Å². The number of rotatable bonds is 1. The molecule has 2 heterocycles. The van der Waals surface area contributed by atoms with Crippen molar-refractivity contribution in [1.29, 1.82) is 0 Å². The molecule has 3 nitrogen and oxygen atoms in total. The van der Waals surface area contributed by atoms with Crippen molar-refractivity contribution in [3.05, 3.63) is 29.0 Å². The molecule has 2 aromatic rings. The number of ether oxygens (including phenoxy) is 1. The van der Waals surface area contributed by atoms with Crippen LogP contribution in [0, 0.1) is 0 Å². The Hall–Kier alpha value is -1.16. The predicted molar refractivity (Wildman–Crippen MR) is 53.8 cm³/mol. The molecule has 0 aromatic carbocycles. The van der Waals surface area contributed by atoms with E-state index >= 15 is 0 Å². The molecule has 0 aliphatic rings. The summed E-state index contributed by atoms with van der Waals surface area (Å²) >= 11 is 3.40. The third kappa shape index (κ3) is 1.37. The Morgan fingerprint density at radius 1 is 1.38 bits per heavy atom. The van der Waals surface area contributed by atoms with Crippen LogP contribution < -0.4 is 4.74 Å². The fourth-order valence-electron chi connectivity index (χ4n) is 1.16. The molecule has 0 bridgehead atoms. The van der Waals surface area contributed by atoms with Gasteiger partial charge < -0.3 is 4.74 Å². The van der Waals surface area contributed by atoms with E-state index in [1.165, 1.54) is 0 Å². The van der Waals surface area contributed by atoms with Crippen molar-refractivity contribution >= 4 is 26.8 Å². The number of hydrogen-bond donors (Lipinski definition) is 0. The van der Waals surface area contributed by atoms with E-state index in [4.69, 9.17) is 4.74 Å². The smallest absolute Gasteiger partial charge is 0.240 e. The normalized spacial score (nSPS) is 10.3. The van der Waals surface area contributed by atoms with Crippen molar-refractivity contribution in [2.75, 3.05) is 7.11 Å². The summed E-state index contributed by atoms with van der Waals surface area (Å²) < 4.78 is 6.02. The lowest BCUT2D eigenvalue weighted by atomic mass is 10.2. The topological polar surface area (TPSA) is 35.0 Å². The van der Waals surface area contributed by atoms with Crippen molar-refractivity contribution in [3.8, 4) is 5.88 Å². The van der Waals surface area contributed by atoms with Crippen LogP contribution in [0.1, 0.15) is 0 Å². The third-order valence-corrected chi connectivity index (χ3v) is 2.39. The summed E-state index contributed by atoms with van der Waals surface area (Å²) in [6, 6.07) is 3.85. The minimum Gasteiger partial charge on any atom is -0.479 e. The lowest BCUT2D eigenvalue weighted by Crippen LogP contribution is -1.91. The average molecular weight is 239 g/mol. The molecule has 0 saturated carbocycles. The van der Waals surface area contributed by atoms with Crippen LogP contribution >= 0.6 is 15.9 Å². The predicted octanol–water partition coefficient (Wildman–Crippen LogP) is 2.40. The molecule has 0 amide bonds. The molecule has 2 rings (SSSR count). The number of nitrogens with zero attached hydrogens (tertiary/aromatic N) is 2. The molecule has 66 valence electrons. The second-order valence-corrected chi connectivity index (χ2v) is 3.37. The van der Waals surface area contributed by atoms with Crippen LogP contribution in [0.5, 0.6) is 5.88 Å². The molecule has 0 aliphatic carbocycles. The van der Waals surface area contributed by atoms with Crippen LogP contribution in [0.4, 0.5) is 0 Å². The van der Waals surface area contributed by atoms with E-state index in [0.29, 0.717) is 5.88 Å². The molecule has 2 aromatic heterocycles. The van der Waals surface area contributed by atoms with E-state index in [0.717, 1.165) is 15.4 Å². The Kier molecular flexibility index (Phi) is 2.14. The first kappa shape index (κ1) is 8.44. The third-order valence-electron chi connectivity index (χ3n) is 1.76. The molecule has 0 fully saturated rings. The molecule has 0 radical (unpaired) electrons. The van der Waals surface area contributed by atoms with Gasteiger partial charge in [0.15, 0.2) is 0 Å². The maximum absolute atomic E-state index is 5.09. The summed E-state index contributed by atoms with van der Waals surface area (Å²) in [6.07, 6.45) is 3.43. The highest BCUT2D eigenvalue weighted by atomic mass is 79.9. The van der Waals surface area contributed by atoms with Crippen LogP contribution in [0.25, 0.3) is 10.9 Å². The monoisotopic (exact) mass is 238 g/mol. The Balaban J connectivity index is 2.84. The number of aromatic nitrogens is 2. The Labute approximate surface area is 83.9 Å². The van der Waals surface area contributed by atoms with E-state index in [9.17, 15) is 0 Å². The molecule has 0 aliphatic heterocycles. The molecule has 13 heavy (non-hydrogen) atoms. The molecule has 0 N–H and O–H groups in total. The van der Waals surface area contributed by atoms with Gasteiger partial charge in [-0.15, -0.1) is 0 Å². The van der Waals surface area contributed by atoms with Crippen LogP contribution in [-0.4, -0.2) is 17.1 Å². The van der Waals surface area contributed by atoms with Crippen LogP contribution in [0.2, 0.25) is 0 Å². The van der Waals surface area contributed by atoms with Crippen molar-refractivity contribution in [2.24, 2.45) is 0 Å². The Bertz CT molecular complexity index is 445.